The molecular formula is C20H25NO4S. The summed E-state index contributed by atoms with van der Waals surface area (Å²) in [5, 5.41) is 0. The summed E-state index contributed by atoms with van der Waals surface area (Å²) in [7, 11) is 1.59. The average molecular weight is 375 g/mol. The molecule has 0 N–H and O–H groups in total. The molecule has 0 aliphatic heterocycles. The van der Waals surface area contributed by atoms with Gasteiger partial charge in [-0.15, -0.1) is 4.91 Å². The maximum Gasteiger partial charge on any atom is 0.338 e. The van der Waals surface area contributed by atoms with Crippen LogP contribution in [0.2, 0.25) is 0 Å². The molecule has 4 saturated carbocycles. The lowest BCUT2D eigenvalue weighted by Gasteiger charge is -2.59. The first kappa shape index (κ1) is 17.8. The largest absolute Gasteiger partial charge is 0.497 e. The number of methoxy groups -OCH3 is 1. The van der Waals surface area contributed by atoms with Gasteiger partial charge >= 0.3 is 5.97 Å². The van der Waals surface area contributed by atoms with Gasteiger partial charge in [0.25, 0.3) is 0 Å². The molecule has 5 rings (SSSR count). The van der Waals surface area contributed by atoms with Crippen molar-refractivity contribution in [3.05, 3.63) is 34.7 Å². The lowest BCUT2D eigenvalue weighted by atomic mass is 9.51. The number of rotatable bonds is 7. The molecule has 4 fully saturated rings. The zero-order valence-corrected chi connectivity index (χ0v) is 15.9. The van der Waals surface area contributed by atoms with Gasteiger partial charge in [-0.2, -0.15) is 0 Å². The molecule has 140 valence electrons. The van der Waals surface area contributed by atoms with Crippen LogP contribution < -0.4 is 4.74 Å². The topological polar surface area (TPSA) is 65.0 Å². The summed E-state index contributed by atoms with van der Waals surface area (Å²) in [6, 6.07) is 6.92. The van der Waals surface area contributed by atoms with Crippen LogP contribution in [0, 0.1) is 28.6 Å². The normalized spacial score (nSPS) is 34.5. The minimum absolute atomic E-state index is 0.130. The minimum atomic E-state index is -0.323. The summed E-state index contributed by atoms with van der Waals surface area (Å²) < 4.78 is 13.8. The van der Waals surface area contributed by atoms with E-state index in [1.54, 1.807) is 31.4 Å². The molecule has 0 heterocycles. The van der Waals surface area contributed by atoms with Gasteiger partial charge in [0.2, 0.25) is 0 Å². The van der Waals surface area contributed by atoms with Crippen LogP contribution in [0.4, 0.5) is 0 Å². The fourth-order valence-electron chi connectivity index (χ4n) is 5.77. The van der Waals surface area contributed by atoms with Gasteiger partial charge in [-0.1, -0.05) is 0 Å². The molecule has 0 atom stereocenters. The monoisotopic (exact) mass is 375 g/mol. The number of nitroso groups, excluding NO2 is 1. The fourth-order valence-corrected chi connectivity index (χ4v) is 6.76. The molecule has 0 aromatic heterocycles. The molecule has 0 amide bonds. The number of ether oxygens (including phenoxy) is 2. The van der Waals surface area contributed by atoms with Crippen LogP contribution in [0.3, 0.4) is 0 Å². The first-order valence-corrected chi connectivity index (χ1v) is 10.2. The highest BCUT2D eigenvalue weighted by Crippen LogP contribution is 2.64. The third-order valence-corrected chi connectivity index (χ3v) is 8.06. The van der Waals surface area contributed by atoms with Crippen molar-refractivity contribution in [2.24, 2.45) is 28.3 Å². The molecule has 0 radical (unpaired) electrons. The van der Waals surface area contributed by atoms with Crippen molar-refractivity contribution < 1.29 is 14.3 Å². The van der Waals surface area contributed by atoms with Crippen LogP contribution in [-0.2, 0) is 4.74 Å². The van der Waals surface area contributed by atoms with Crippen molar-refractivity contribution in [3.63, 3.8) is 0 Å². The number of hydrogen-bond donors (Lipinski definition) is 0. The van der Waals surface area contributed by atoms with Gasteiger partial charge in [0.1, 0.15) is 5.75 Å². The number of carbonyl (C=O) groups excluding carboxylic acids is 1. The first-order chi connectivity index (χ1) is 12.6. The van der Waals surface area contributed by atoms with E-state index in [1.165, 1.54) is 44.1 Å². The average Bonchev–Trinajstić information content (AvgIpc) is 2.65. The van der Waals surface area contributed by atoms with Gasteiger partial charge in [0.05, 0.1) is 24.0 Å². The van der Waals surface area contributed by atoms with Crippen molar-refractivity contribution in [1.82, 2.24) is 0 Å². The molecule has 4 bridgehead atoms. The Morgan fingerprint density at radius 1 is 1.12 bits per heavy atom. The predicted molar refractivity (Wildman–Crippen MR) is 101 cm³/mol. The van der Waals surface area contributed by atoms with Gasteiger partial charge in [-0.3, -0.25) is 0 Å². The molecule has 4 aliphatic rings. The van der Waals surface area contributed by atoms with E-state index >= 15 is 0 Å². The molecule has 0 spiro atoms. The van der Waals surface area contributed by atoms with Crippen molar-refractivity contribution in [3.8, 4) is 5.75 Å². The Bertz CT molecular complexity index is 647. The SMILES string of the molecule is COc1ccc(C(=O)OCCC2(SN=O)C3CC4CC(C3)CC2C4)cc1. The number of benzene rings is 1. The highest BCUT2D eigenvalue weighted by Gasteiger charge is 2.58. The molecule has 26 heavy (non-hydrogen) atoms. The van der Waals surface area contributed by atoms with Crippen LogP contribution in [0.1, 0.15) is 48.9 Å². The van der Waals surface area contributed by atoms with Gasteiger partial charge in [-0.25, -0.2) is 4.79 Å². The number of esters is 1. The van der Waals surface area contributed by atoms with Crippen molar-refractivity contribution in [2.75, 3.05) is 13.7 Å². The first-order valence-electron chi connectivity index (χ1n) is 9.46. The quantitative estimate of drug-likeness (QED) is 0.387. The Hall–Kier alpha value is -1.56. The molecule has 0 unspecified atom stereocenters. The number of carbonyl (C=O) groups is 1. The standard InChI is InChI=1S/C20H25NO4S/c1-24-18-4-2-15(3-5-18)19(22)25-7-6-20(26-21-23)16-9-13-8-14(11-16)12-17(20)10-13/h2-5,13-14,16-17H,6-12H2,1H3. The van der Waals surface area contributed by atoms with E-state index in [0.29, 0.717) is 29.8 Å². The van der Waals surface area contributed by atoms with Crippen molar-refractivity contribution in [2.45, 2.75) is 43.3 Å². The summed E-state index contributed by atoms with van der Waals surface area (Å²) in [6.45, 7) is 0.343. The Kier molecular flexibility index (Phi) is 4.95. The number of nitrogens with zero attached hydrogens (tertiary/aromatic N) is 1. The van der Waals surface area contributed by atoms with E-state index in [9.17, 15) is 9.70 Å². The molecule has 1 aromatic carbocycles. The van der Waals surface area contributed by atoms with Crippen LogP contribution >= 0.6 is 11.9 Å². The van der Waals surface area contributed by atoms with Crippen LogP contribution in [0.25, 0.3) is 0 Å². The maximum absolute atomic E-state index is 12.3. The molecule has 1 aromatic rings. The molecule has 0 saturated heterocycles. The Labute approximate surface area is 158 Å². The Morgan fingerprint density at radius 3 is 2.27 bits per heavy atom. The molecule has 6 heteroatoms. The highest BCUT2D eigenvalue weighted by atomic mass is 32.2. The number of hydrogen-bond acceptors (Lipinski definition) is 6. The predicted octanol–water partition coefficient (Wildman–Crippen LogP) is 4.85. The second-order valence-electron chi connectivity index (χ2n) is 8.04. The van der Waals surface area contributed by atoms with E-state index in [0.717, 1.165) is 18.3 Å². The lowest BCUT2D eigenvalue weighted by molar-refractivity contribution is -0.0271. The van der Waals surface area contributed by atoms with E-state index in [1.807, 2.05) is 0 Å². The molecular weight excluding hydrogens is 350 g/mol. The third kappa shape index (κ3) is 3.13. The van der Waals surface area contributed by atoms with Gasteiger partial charge in [-0.05, 0) is 86.5 Å². The Balaban J connectivity index is 1.40. The van der Waals surface area contributed by atoms with E-state index in [2.05, 4.69) is 4.58 Å². The Morgan fingerprint density at radius 2 is 1.73 bits per heavy atom. The summed E-state index contributed by atoms with van der Waals surface area (Å²) >= 11 is 1.23. The summed E-state index contributed by atoms with van der Waals surface area (Å²) in [5.41, 5.74) is 0.520. The lowest BCUT2D eigenvalue weighted by Crippen LogP contribution is -2.56. The van der Waals surface area contributed by atoms with E-state index in [4.69, 9.17) is 9.47 Å². The third-order valence-electron chi connectivity index (χ3n) is 6.78. The fraction of sp³-hybridized carbons (Fsp3) is 0.650. The molecule has 5 nitrogen and oxygen atoms in total. The second kappa shape index (κ2) is 7.22. The summed E-state index contributed by atoms with van der Waals surface area (Å²) in [6.07, 6.45) is 6.93. The van der Waals surface area contributed by atoms with Crippen molar-refractivity contribution in [1.29, 1.82) is 0 Å². The highest BCUT2D eigenvalue weighted by molar-refractivity contribution is 7.99. The summed E-state index contributed by atoms with van der Waals surface area (Å²) in [4.78, 5) is 23.5. The zero-order valence-electron chi connectivity index (χ0n) is 15.1. The van der Waals surface area contributed by atoms with E-state index < -0.39 is 0 Å². The van der Waals surface area contributed by atoms with E-state index in [-0.39, 0.29) is 10.7 Å². The maximum atomic E-state index is 12.3. The van der Waals surface area contributed by atoms with Crippen LogP contribution in [0.5, 0.6) is 5.75 Å². The van der Waals surface area contributed by atoms with Crippen molar-refractivity contribution >= 4 is 17.9 Å². The van der Waals surface area contributed by atoms with Gasteiger partial charge in [0.15, 0.2) is 0 Å². The van der Waals surface area contributed by atoms with Crippen LogP contribution in [0.15, 0.2) is 28.8 Å². The molecule has 4 aliphatic carbocycles. The smallest absolute Gasteiger partial charge is 0.338 e. The zero-order chi connectivity index (χ0) is 18.1. The van der Waals surface area contributed by atoms with Gasteiger partial charge < -0.3 is 9.47 Å². The van der Waals surface area contributed by atoms with Gasteiger partial charge in [0, 0.05) is 16.5 Å². The second-order valence-corrected chi connectivity index (χ2v) is 9.13. The van der Waals surface area contributed by atoms with Crippen LogP contribution in [-0.4, -0.2) is 24.4 Å². The summed E-state index contributed by atoms with van der Waals surface area (Å²) in [5.74, 6) is 3.14. The minimum Gasteiger partial charge on any atom is -0.497 e.